The summed E-state index contributed by atoms with van der Waals surface area (Å²) in [5.41, 5.74) is 0.307. The molecule has 1 heterocycles. The van der Waals surface area contributed by atoms with Gasteiger partial charge < -0.3 is 19.1 Å². The van der Waals surface area contributed by atoms with E-state index in [9.17, 15) is 9.59 Å². The lowest BCUT2D eigenvalue weighted by Gasteiger charge is -2.35. The molecule has 1 fully saturated rings. The number of rotatable bonds is 4. The lowest BCUT2D eigenvalue weighted by molar-refractivity contribution is -0.145. The van der Waals surface area contributed by atoms with Crippen molar-refractivity contribution in [2.75, 3.05) is 26.8 Å². The fourth-order valence-corrected chi connectivity index (χ4v) is 2.48. The smallest absolute Gasteiger partial charge is 0.341 e. The molecule has 0 bridgehead atoms. The second-order valence-corrected chi connectivity index (χ2v) is 5.33. The quantitative estimate of drug-likeness (QED) is 0.789. The third-order valence-electron chi connectivity index (χ3n) is 3.42. The minimum atomic E-state index is -0.489. The van der Waals surface area contributed by atoms with E-state index in [0.717, 1.165) is 0 Å². The van der Waals surface area contributed by atoms with E-state index in [4.69, 9.17) is 14.2 Å². The average molecular weight is 307 g/mol. The topological polar surface area (TPSA) is 65.1 Å². The fraction of sp³-hybridized carbons (Fsp3) is 0.500. The van der Waals surface area contributed by atoms with Crippen molar-refractivity contribution in [3.05, 3.63) is 29.8 Å². The third-order valence-corrected chi connectivity index (χ3v) is 3.42. The molecule has 1 aromatic rings. The number of hydrogen-bond donors (Lipinski definition) is 0. The summed E-state index contributed by atoms with van der Waals surface area (Å²) in [6, 6.07) is 6.70. The Labute approximate surface area is 129 Å². The monoisotopic (exact) mass is 307 g/mol. The zero-order valence-corrected chi connectivity index (χ0v) is 13.1. The summed E-state index contributed by atoms with van der Waals surface area (Å²) in [7, 11) is 1.31. The number of amides is 1. The van der Waals surface area contributed by atoms with Crippen LogP contribution in [0.2, 0.25) is 0 Å². The molecule has 1 aliphatic rings. The SMILES string of the molecule is COC(=O)c1ccccc1OCC(=O)N1C[C@@H](C)O[C@H](C)C1. The minimum Gasteiger partial charge on any atom is -0.483 e. The molecule has 0 radical (unpaired) electrons. The van der Waals surface area contributed by atoms with E-state index < -0.39 is 5.97 Å². The highest BCUT2D eigenvalue weighted by atomic mass is 16.5. The molecule has 6 heteroatoms. The van der Waals surface area contributed by atoms with Crippen molar-refractivity contribution in [2.24, 2.45) is 0 Å². The summed E-state index contributed by atoms with van der Waals surface area (Å²) >= 11 is 0. The molecule has 22 heavy (non-hydrogen) atoms. The van der Waals surface area contributed by atoms with Crippen molar-refractivity contribution in [1.82, 2.24) is 4.90 Å². The molecular formula is C16H21NO5. The number of nitrogens with zero attached hydrogens (tertiary/aromatic N) is 1. The van der Waals surface area contributed by atoms with E-state index in [1.54, 1.807) is 29.2 Å². The summed E-state index contributed by atoms with van der Waals surface area (Å²) in [6.07, 6.45) is 0.0186. The Bertz CT molecular complexity index is 535. The van der Waals surface area contributed by atoms with Gasteiger partial charge in [0.1, 0.15) is 11.3 Å². The molecule has 0 aliphatic carbocycles. The molecule has 0 saturated carbocycles. The maximum absolute atomic E-state index is 12.2. The molecule has 1 aromatic carbocycles. The van der Waals surface area contributed by atoms with Crippen LogP contribution in [-0.2, 0) is 14.3 Å². The number of ether oxygens (including phenoxy) is 3. The van der Waals surface area contributed by atoms with Gasteiger partial charge in [-0.15, -0.1) is 0 Å². The number of hydrogen-bond acceptors (Lipinski definition) is 5. The van der Waals surface area contributed by atoms with Crippen LogP contribution in [0.4, 0.5) is 0 Å². The van der Waals surface area contributed by atoms with E-state index in [1.807, 2.05) is 13.8 Å². The van der Waals surface area contributed by atoms with Gasteiger partial charge in [-0.1, -0.05) is 12.1 Å². The Kier molecular flexibility index (Phi) is 5.38. The number of para-hydroxylation sites is 1. The van der Waals surface area contributed by atoms with Gasteiger partial charge in [-0.3, -0.25) is 4.79 Å². The van der Waals surface area contributed by atoms with Crippen LogP contribution in [0, 0.1) is 0 Å². The molecule has 1 aliphatic heterocycles. The Hall–Kier alpha value is -2.08. The van der Waals surface area contributed by atoms with E-state index in [-0.39, 0.29) is 24.7 Å². The van der Waals surface area contributed by atoms with Crippen LogP contribution in [0.1, 0.15) is 24.2 Å². The van der Waals surface area contributed by atoms with Crippen molar-refractivity contribution in [3.63, 3.8) is 0 Å². The lowest BCUT2D eigenvalue weighted by atomic mass is 10.2. The molecule has 1 saturated heterocycles. The van der Waals surface area contributed by atoms with Gasteiger partial charge in [0.2, 0.25) is 0 Å². The molecule has 0 aromatic heterocycles. The predicted octanol–water partition coefficient (Wildman–Crippen LogP) is 1.49. The first-order valence-electron chi connectivity index (χ1n) is 7.24. The number of esters is 1. The van der Waals surface area contributed by atoms with Crippen LogP contribution >= 0.6 is 0 Å². The van der Waals surface area contributed by atoms with Crippen molar-refractivity contribution in [3.8, 4) is 5.75 Å². The van der Waals surface area contributed by atoms with Gasteiger partial charge in [0.05, 0.1) is 19.3 Å². The standard InChI is InChI=1S/C16H21NO5/c1-11-8-17(9-12(2)22-11)15(18)10-21-14-7-5-4-6-13(14)16(19)20-3/h4-7,11-12H,8-10H2,1-3H3/t11-,12-/m1/s1. The van der Waals surface area contributed by atoms with Crippen LogP contribution in [0.25, 0.3) is 0 Å². The first kappa shape index (κ1) is 16.3. The number of morpholine rings is 1. The molecule has 0 N–H and O–H groups in total. The molecule has 2 atom stereocenters. The number of carbonyl (C=O) groups is 2. The van der Waals surface area contributed by atoms with Crippen LogP contribution in [-0.4, -0.2) is 55.8 Å². The van der Waals surface area contributed by atoms with Crippen molar-refractivity contribution in [1.29, 1.82) is 0 Å². The van der Waals surface area contributed by atoms with Crippen LogP contribution in [0.3, 0.4) is 0 Å². The Morgan fingerprint density at radius 3 is 2.50 bits per heavy atom. The van der Waals surface area contributed by atoms with Crippen molar-refractivity contribution >= 4 is 11.9 Å². The maximum Gasteiger partial charge on any atom is 0.341 e. The largest absolute Gasteiger partial charge is 0.483 e. The van der Waals surface area contributed by atoms with Crippen LogP contribution in [0.15, 0.2) is 24.3 Å². The third kappa shape index (κ3) is 3.98. The predicted molar refractivity (Wildman–Crippen MR) is 79.9 cm³/mol. The zero-order valence-electron chi connectivity index (χ0n) is 13.1. The highest BCUT2D eigenvalue weighted by molar-refractivity contribution is 5.92. The molecule has 0 spiro atoms. The van der Waals surface area contributed by atoms with E-state index in [2.05, 4.69) is 0 Å². The van der Waals surface area contributed by atoms with Crippen molar-refractivity contribution in [2.45, 2.75) is 26.1 Å². The van der Waals surface area contributed by atoms with Gasteiger partial charge in [0.25, 0.3) is 5.91 Å². The summed E-state index contributed by atoms with van der Waals surface area (Å²) < 4.78 is 15.8. The van der Waals surface area contributed by atoms with Gasteiger partial charge in [0, 0.05) is 13.1 Å². The number of carbonyl (C=O) groups excluding carboxylic acids is 2. The fourth-order valence-electron chi connectivity index (χ4n) is 2.48. The van der Waals surface area contributed by atoms with E-state index in [0.29, 0.717) is 24.4 Å². The van der Waals surface area contributed by atoms with Crippen LogP contribution < -0.4 is 4.74 Å². The number of benzene rings is 1. The first-order chi connectivity index (χ1) is 10.5. The summed E-state index contributed by atoms with van der Waals surface area (Å²) in [5.74, 6) is -0.268. The van der Waals surface area contributed by atoms with Crippen molar-refractivity contribution < 1.29 is 23.8 Å². The van der Waals surface area contributed by atoms with Gasteiger partial charge in [0.15, 0.2) is 6.61 Å². The highest BCUT2D eigenvalue weighted by Crippen LogP contribution is 2.19. The average Bonchev–Trinajstić information content (AvgIpc) is 2.51. The molecule has 0 unspecified atom stereocenters. The van der Waals surface area contributed by atoms with Crippen LogP contribution in [0.5, 0.6) is 5.75 Å². The second-order valence-electron chi connectivity index (χ2n) is 5.33. The van der Waals surface area contributed by atoms with E-state index >= 15 is 0 Å². The normalized spacial score (nSPS) is 21.3. The van der Waals surface area contributed by atoms with E-state index in [1.165, 1.54) is 7.11 Å². The molecule has 1 amide bonds. The maximum atomic E-state index is 12.2. The Balaban J connectivity index is 1.98. The minimum absolute atomic E-state index is 0.00931. The summed E-state index contributed by atoms with van der Waals surface area (Å²) in [4.78, 5) is 25.6. The molecule has 120 valence electrons. The van der Waals surface area contributed by atoms with Gasteiger partial charge in [-0.05, 0) is 26.0 Å². The van der Waals surface area contributed by atoms with Gasteiger partial charge in [-0.25, -0.2) is 4.79 Å². The molecular weight excluding hydrogens is 286 g/mol. The van der Waals surface area contributed by atoms with Gasteiger partial charge in [-0.2, -0.15) is 0 Å². The molecule has 2 rings (SSSR count). The molecule has 6 nitrogen and oxygen atoms in total. The number of methoxy groups -OCH3 is 1. The second kappa shape index (κ2) is 7.26. The highest BCUT2D eigenvalue weighted by Gasteiger charge is 2.26. The summed E-state index contributed by atoms with van der Waals surface area (Å²) in [6.45, 7) is 4.84. The van der Waals surface area contributed by atoms with Gasteiger partial charge >= 0.3 is 5.97 Å². The lowest BCUT2D eigenvalue weighted by Crippen LogP contribution is -2.49. The Morgan fingerprint density at radius 2 is 1.86 bits per heavy atom. The Morgan fingerprint density at radius 1 is 1.23 bits per heavy atom. The zero-order chi connectivity index (χ0) is 16.1. The first-order valence-corrected chi connectivity index (χ1v) is 7.24. The summed E-state index contributed by atoms with van der Waals surface area (Å²) in [5, 5.41) is 0.